The summed E-state index contributed by atoms with van der Waals surface area (Å²) < 4.78 is 5.43. The molecule has 160 valence electrons. The number of aromatic nitrogens is 4. The fourth-order valence-corrected chi connectivity index (χ4v) is 4.28. The van der Waals surface area contributed by atoms with E-state index in [9.17, 15) is 10.1 Å². The van der Waals surface area contributed by atoms with Gasteiger partial charge in [-0.25, -0.2) is 9.97 Å². The number of hydrogen-bond donors (Lipinski definition) is 0. The van der Waals surface area contributed by atoms with Gasteiger partial charge in [0.2, 0.25) is 11.8 Å². The number of amides is 1. The summed E-state index contributed by atoms with van der Waals surface area (Å²) in [7, 11) is 0. The van der Waals surface area contributed by atoms with Crippen LogP contribution in [0.1, 0.15) is 24.6 Å². The molecule has 1 saturated heterocycles. The molecule has 9 nitrogen and oxygen atoms in total. The molecule has 32 heavy (non-hydrogen) atoms. The number of anilines is 2. The van der Waals surface area contributed by atoms with Crippen molar-refractivity contribution < 1.29 is 9.53 Å². The van der Waals surface area contributed by atoms with Crippen LogP contribution in [0.15, 0.2) is 43.0 Å². The Kier molecular flexibility index (Phi) is 5.11. The van der Waals surface area contributed by atoms with Crippen molar-refractivity contribution in [2.24, 2.45) is 0 Å². The third kappa shape index (κ3) is 3.50. The summed E-state index contributed by atoms with van der Waals surface area (Å²) in [5.74, 6) is 0.893. The molecule has 5 heterocycles. The summed E-state index contributed by atoms with van der Waals surface area (Å²) in [5, 5.41) is 9.48. The van der Waals surface area contributed by atoms with Crippen LogP contribution in [0.4, 0.5) is 11.5 Å². The molecule has 1 amide bonds. The molecule has 1 fully saturated rings. The highest BCUT2D eigenvalue weighted by Gasteiger charge is 2.40. The first-order chi connectivity index (χ1) is 15.7. The lowest BCUT2D eigenvalue weighted by Gasteiger charge is -2.36. The van der Waals surface area contributed by atoms with Crippen molar-refractivity contribution in [2.45, 2.75) is 25.8 Å². The van der Waals surface area contributed by atoms with Crippen molar-refractivity contribution in [3.8, 4) is 23.2 Å². The second-order valence-corrected chi connectivity index (χ2v) is 7.69. The van der Waals surface area contributed by atoms with E-state index in [1.54, 1.807) is 30.9 Å². The maximum atomic E-state index is 13.3. The summed E-state index contributed by atoms with van der Waals surface area (Å²) in [6.45, 7) is 3.95. The van der Waals surface area contributed by atoms with E-state index < -0.39 is 0 Å². The molecule has 5 rings (SSSR count). The molecule has 9 heteroatoms. The van der Waals surface area contributed by atoms with Gasteiger partial charge in [-0.1, -0.05) is 0 Å². The average Bonchev–Trinajstić information content (AvgIpc) is 3.24. The molecule has 3 aromatic heterocycles. The van der Waals surface area contributed by atoms with Crippen LogP contribution in [0, 0.1) is 11.3 Å². The largest absolute Gasteiger partial charge is 0.477 e. The summed E-state index contributed by atoms with van der Waals surface area (Å²) in [5.41, 5.74) is 3.26. The van der Waals surface area contributed by atoms with Crippen molar-refractivity contribution in [1.82, 2.24) is 19.9 Å². The van der Waals surface area contributed by atoms with Crippen LogP contribution >= 0.6 is 0 Å². The third-order valence-electron chi connectivity index (χ3n) is 5.72. The number of hydrogen-bond acceptors (Lipinski definition) is 8. The second-order valence-electron chi connectivity index (χ2n) is 7.69. The Bertz CT molecular complexity index is 1210. The standard InChI is InChI=1S/C23H21N7O2/c1-2-32-23-15(11-24)9-16(12-27-23)19-3-4-20-22(28-19)30(18-5-8-29(20)14-18)21(31)10-17-13-25-6-7-26-17/h3-4,6-7,9,12-13,18H,2,5,8,10,14H2,1H3/t18-/m0/s1. The topological polar surface area (TPSA) is 108 Å². The van der Waals surface area contributed by atoms with E-state index in [2.05, 4.69) is 25.9 Å². The Labute approximate surface area is 185 Å². The fourth-order valence-electron chi connectivity index (χ4n) is 4.28. The number of fused-ring (bicyclic) bond motifs is 4. The van der Waals surface area contributed by atoms with Crippen molar-refractivity contribution >= 4 is 17.4 Å². The number of carbonyl (C=O) groups excluding carboxylic acids is 1. The minimum Gasteiger partial charge on any atom is -0.477 e. The highest BCUT2D eigenvalue weighted by molar-refractivity contribution is 5.99. The number of rotatable bonds is 5. The predicted molar refractivity (Wildman–Crippen MR) is 117 cm³/mol. The molecule has 2 bridgehead atoms. The Hall–Kier alpha value is -4.06. The zero-order valence-electron chi connectivity index (χ0n) is 17.6. The Balaban J connectivity index is 1.52. The maximum Gasteiger partial charge on any atom is 0.234 e. The highest BCUT2D eigenvalue weighted by atomic mass is 16.5. The van der Waals surface area contributed by atoms with Gasteiger partial charge in [-0.05, 0) is 31.5 Å². The van der Waals surface area contributed by atoms with Gasteiger partial charge in [0.1, 0.15) is 11.6 Å². The summed E-state index contributed by atoms with van der Waals surface area (Å²) >= 11 is 0. The van der Waals surface area contributed by atoms with Crippen LogP contribution in [0.3, 0.4) is 0 Å². The molecule has 0 aromatic carbocycles. The zero-order valence-corrected chi connectivity index (χ0v) is 17.6. The van der Waals surface area contributed by atoms with E-state index in [1.807, 2.05) is 24.0 Å². The van der Waals surface area contributed by atoms with Crippen LogP contribution in [0.2, 0.25) is 0 Å². The van der Waals surface area contributed by atoms with Gasteiger partial charge in [-0.3, -0.25) is 19.7 Å². The van der Waals surface area contributed by atoms with Crippen LogP contribution < -0.4 is 14.5 Å². The molecule has 3 aromatic rings. The van der Waals surface area contributed by atoms with Gasteiger partial charge in [0.25, 0.3) is 0 Å². The van der Waals surface area contributed by atoms with Crippen LogP contribution in [0.5, 0.6) is 5.88 Å². The summed E-state index contributed by atoms with van der Waals surface area (Å²) in [6.07, 6.45) is 7.49. The van der Waals surface area contributed by atoms with Crippen LogP contribution in [0.25, 0.3) is 11.3 Å². The smallest absolute Gasteiger partial charge is 0.234 e. The number of carbonyl (C=O) groups is 1. The highest BCUT2D eigenvalue weighted by Crippen LogP contribution is 2.40. The second kappa shape index (κ2) is 8.23. The summed E-state index contributed by atoms with van der Waals surface area (Å²) in [4.78, 5) is 34.8. The van der Waals surface area contributed by atoms with Gasteiger partial charge in [-0.2, -0.15) is 5.26 Å². The predicted octanol–water partition coefficient (Wildman–Crippen LogP) is 2.37. The zero-order chi connectivity index (χ0) is 22.1. The van der Waals surface area contributed by atoms with Gasteiger partial charge in [0.15, 0.2) is 5.82 Å². The van der Waals surface area contributed by atoms with Gasteiger partial charge < -0.3 is 9.64 Å². The van der Waals surface area contributed by atoms with E-state index in [4.69, 9.17) is 9.72 Å². The first kappa shape index (κ1) is 19.9. The molecule has 1 atom stereocenters. The maximum absolute atomic E-state index is 13.3. The number of pyridine rings is 2. The van der Waals surface area contributed by atoms with Gasteiger partial charge in [0, 0.05) is 43.4 Å². The van der Waals surface area contributed by atoms with E-state index >= 15 is 0 Å². The van der Waals surface area contributed by atoms with E-state index in [1.165, 1.54) is 0 Å². The molecule has 0 unspecified atom stereocenters. The molecule has 0 saturated carbocycles. The SMILES string of the molecule is CCOc1ncc(-c2ccc3c(n2)N(C(=O)Cc2cnccn2)[C@H]2CCN3C2)cc1C#N. The van der Waals surface area contributed by atoms with Gasteiger partial charge in [0.05, 0.1) is 36.1 Å². The van der Waals surface area contributed by atoms with Crippen LogP contribution in [-0.4, -0.2) is 51.6 Å². The Morgan fingerprint density at radius 2 is 2.19 bits per heavy atom. The number of nitriles is 1. The first-order valence-corrected chi connectivity index (χ1v) is 10.5. The Morgan fingerprint density at radius 1 is 1.28 bits per heavy atom. The molecular weight excluding hydrogens is 406 g/mol. The number of nitrogens with zero attached hydrogens (tertiary/aromatic N) is 7. The monoisotopic (exact) mass is 427 g/mol. The third-order valence-corrected chi connectivity index (χ3v) is 5.72. The van der Waals surface area contributed by atoms with Gasteiger partial charge in [-0.15, -0.1) is 0 Å². The molecule has 0 N–H and O–H groups in total. The van der Waals surface area contributed by atoms with E-state index in [0.717, 1.165) is 25.2 Å². The summed E-state index contributed by atoms with van der Waals surface area (Å²) in [6, 6.07) is 7.82. The lowest BCUT2D eigenvalue weighted by molar-refractivity contribution is -0.118. The molecule has 0 spiro atoms. The van der Waals surface area contributed by atoms with Crippen molar-refractivity contribution in [3.05, 3.63) is 54.2 Å². The van der Waals surface area contributed by atoms with E-state index in [-0.39, 0.29) is 18.4 Å². The van der Waals surface area contributed by atoms with E-state index in [0.29, 0.717) is 40.8 Å². The lowest BCUT2D eigenvalue weighted by atomic mass is 10.1. The van der Waals surface area contributed by atoms with Crippen molar-refractivity contribution in [1.29, 1.82) is 5.26 Å². The molecule has 0 aliphatic carbocycles. The van der Waals surface area contributed by atoms with Crippen molar-refractivity contribution in [3.63, 3.8) is 0 Å². The molecule has 2 aliphatic heterocycles. The average molecular weight is 427 g/mol. The van der Waals surface area contributed by atoms with Crippen molar-refractivity contribution in [2.75, 3.05) is 29.5 Å². The first-order valence-electron chi connectivity index (χ1n) is 10.5. The lowest BCUT2D eigenvalue weighted by Crippen LogP contribution is -2.47. The molecule has 0 radical (unpaired) electrons. The number of ether oxygens (including phenoxy) is 1. The minimum atomic E-state index is -0.0505. The van der Waals surface area contributed by atoms with Gasteiger partial charge >= 0.3 is 0 Å². The van der Waals surface area contributed by atoms with Crippen LogP contribution in [-0.2, 0) is 11.2 Å². The Morgan fingerprint density at radius 3 is 2.97 bits per heavy atom. The minimum absolute atomic E-state index is 0.0505. The quantitative estimate of drug-likeness (QED) is 0.611. The molecular formula is C23H21N7O2. The normalized spacial score (nSPS) is 16.4. The fraction of sp³-hybridized carbons (Fsp3) is 0.304. The molecule has 2 aliphatic rings.